The van der Waals surface area contributed by atoms with Crippen LogP contribution in [0.15, 0.2) is 12.1 Å². The van der Waals surface area contributed by atoms with Crippen LogP contribution in [0.2, 0.25) is 0 Å². The average molecular weight is 220 g/mol. The molecule has 0 fully saturated rings. The van der Waals surface area contributed by atoms with E-state index in [9.17, 15) is 4.79 Å². The smallest absolute Gasteiger partial charge is 0.193 e. The fourth-order valence-corrected chi connectivity index (χ4v) is 2.32. The summed E-state index contributed by atoms with van der Waals surface area (Å²) in [5, 5.41) is 0. The summed E-state index contributed by atoms with van der Waals surface area (Å²) in [5.41, 5.74) is 0. The van der Waals surface area contributed by atoms with Gasteiger partial charge in [-0.2, -0.15) is 0 Å². The minimum Gasteiger partial charge on any atom is -0.289 e. The van der Waals surface area contributed by atoms with Crippen molar-refractivity contribution in [2.24, 2.45) is 0 Å². The fourth-order valence-electron chi connectivity index (χ4n) is 1.41. The van der Waals surface area contributed by atoms with Crippen LogP contribution in [0, 0.1) is 11.8 Å². The Bertz CT molecular complexity index is 354. The van der Waals surface area contributed by atoms with Crippen LogP contribution in [-0.4, -0.2) is 6.29 Å². The summed E-state index contributed by atoms with van der Waals surface area (Å²) in [5.74, 6) is 5.25. The molecule has 1 heterocycles. The van der Waals surface area contributed by atoms with Crippen molar-refractivity contribution in [3.63, 3.8) is 0 Å². The first-order valence-corrected chi connectivity index (χ1v) is 6.22. The number of aryl methyl sites for hydroxylation is 1. The van der Waals surface area contributed by atoms with Gasteiger partial charge in [0.2, 0.25) is 0 Å². The molecule has 1 aromatic rings. The van der Waals surface area contributed by atoms with Crippen LogP contribution in [0.25, 0.3) is 0 Å². The number of thiophene rings is 1. The third kappa shape index (κ3) is 4.80. The second-order valence-electron chi connectivity index (χ2n) is 3.46. The highest BCUT2D eigenvalue weighted by atomic mass is 32.1. The SMILES string of the molecule is CCCCCCc1ccc(C#CC=O)s1. The first-order chi connectivity index (χ1) is 7.36. The Morgan fingerprint density at radius 2 is 2.20 bits per heavy atom. The van der Waals surface area contributed by atoms with E-state index in [4.69, 9.17) is 0 Å². The topological polar surface area (TPSA) is 17.1 Å². The summed E-state index contributed by atoms with van der Waals surface area (Å²) in [4.78, 5) is 12.4. The second kappa shape index (κ2) is 7.25. The van der Waals surface area contributed by atoms with Gasteiger partial charge >= 0.3 is 0 Å². The zero-order valence-electron chi connectivity index (χ0n) is 9.08. The molecule has 0 aliphatic heterocycles. The van der Waals surface area contributed by atoms with E-state index in [1.165, 1.54) is 30.6 Å². The van der Waals surface area contributed by atoms with Crippen molar-refractivity contribution < 1.29 is 4.79 Å². The van der Waals surface area contributed by atoms with Crippen molar-refractivity contribution in [1.82, 2.24) is 0 Å². The number of carbonyl (C=O) groups is 1. The van der Waals surface area contributed by atoms with Crippen molar-refractivity contribution in [2.75, 3.05) is 0 Å². The molecule has 0 saturated carbocycles. The fraction of sp³-hybridized carbons (Fsp3) is 0.462. The molecule has 80 valence electrons. The highest BCUT2D eigenvalue weighted by Gasteiger charge is 1.97. The molecule has 2 heteroatoms. The summed E-state index contributed by atoms with van der Waals surface area (Å²) in [7, 11) is 0. The van der Waals surface area contributed by atoms with Crippen LogP contribution in [0.3, 0.4) is 0 Å². The Hall–Kier alpha value is -1.07. The number of unbranched alkanes of at least 4 members (excludes halogenated alkanes) is 3. The van der Waals surface area contributed by atoms with Gasteiger partial charge in [0.05, 0.1) is 4.88 Å². The molecule has 1 nitrogen and oxygen atoms in total. The van der Waals surface area contributed by atoms with Crippen LogP contribution in [0.5, 0.6) is 0 Å². The van der Waals surface area contributed by atoms with E-state index < -0.39 is 0 Å². The van der Waals surface area contributed by atoms with E-state index in [0.717, 1.165) is 11.3 Å². The third-order valence-corrected chi connectivity index (χ3v) is 3.25. The van der Waals surface area contributed by atoms with E-state index >= 15 is 0 Å². The number of rotatable bonds is 5. The molecule has 0 radical (unpaired) electrons. The molecule has 0 amide bonds. The van der Waals surface area contributed by atoms with E-state index in [0.29, 0.717) is 6.29 Å². The molecule has 1 aromatic heterocycles. The molecular weight excluding hydrogens is 204 g/mol. The Kier molecular flexibility index (Phi) is 5.80. The predicted molar refractivity (Wildman–Crippen MR) is 65.1 cm³/mol. The molecule has 0 spiro atoms. The Labute approximate surface area is 95.5 Å². The van der Waals surface area contributed by atoms with Crippen molar-refractivity contribution in [2.45, 2.75) is 39.0 Å². The maximum atomic E-state index is 10.1. The number of hydrogen-bond donors (Lipinski definition) is 0. The largest absolute Gasteiger partial charge is 0.289 e. The lowest BCUT2D eigenvalue weighted by molar-refractivity contribution is -0.103. The lowest BCUT2D eigenvalue weighted by Gasteiger charge is -1.96. The molecule has 0 aromatic carbocycles. The molecule has 0 aliphatic rings. The molecule has 0 bridgehead atoms. The molecule has 0 atom stereocenters. The quantitative estimate of drug-likeness (QED) is 0.422. The number of aldehydes is 1. The summed E-state index contributed by atoms with van der Waals surface area (Å²) in [6.07, 6.45) is 6.95. The first-order valence-electron chi connectivity index (χ1n) is 5.40. The summed E-state index contributed by atoms with van der Waals surface area (Å²) >= 11 is 1.70. The van der Waals surface area contributed by atoms with E-state index in [2.05, 4.69) is 24.8 Å². The zero-order chi connectivity index (χ0) is 10.9. The van der Waals surface area contributed by atoms with Gasteiger partial charge in [0.1, 0.15) is 0 Å². The van der Waals surface area contributed by atoms with E-state index in [1.807, 2.05) is 6.07 Å². The number of carbonyl (C=O) groups excluding carboxylic acids is 1. The summed E-state index contributed by atoms with van der Waals surface area (Å²) < 4.78 is 0. The predicted octanol–water partition coefficient (Wildman–Crippen LogP) is 3.42. The van der Waals surface area contributed by atoms with Gasteiger partial charge in [-0.3, -0.25) is 4.79 Å². The summed E-state index contributed by atoms with van der Waals surface area (Å²) in [6, 6.07) is 4.11. The van der Waals surface area contributed by atoms with Crippen molar-refractivity contribution in [1.29, 1.82) is 0 Å². The molecule has 0 unspecified atom stereocenters. The van der Waals surface area contributed by atoms with Gasteiger partial charge in [-0.25, -0.2) is 0 Å². The second-order valence-corrected chi connectivity index (χ2v) is 4.63. The van der Waals surface area contributed by atoms with Gasteiger partial charge in [0, 0.05) is 4.88 Å². The van der Waals surface area contributed by atoms with E-state index in [1.54, 1.807) is 11.3 Å². The van der Waals surface area contributed by atoms with Gasteiger partial charge < -0.3 is 0 Å². The number of hydrogen-bond acceptors (Lipinski definition) is 2. The Morgan fingerprint density at radius 3 is 2.93 bits per heavy atom. The maximum Gasteiger partial charge on any atom is 0.193 e. The Morgan fingerprint density at radius 1 is 1.33 bits per heavy atom. The highest BCUT2D eigenvalue weighted by Crippen LogP contribution is 2.18. The van der Waals surface area contributed by atoms with Crippen LogP contribution in [0.1, 0.15) is 42.4 Å². The van der Waals surface area contributed by atoms with Crippen molar-refractivity contribution >= 4 is 17.6 Å². The van der Waals surface area contributed by atoms with Gasteiger partial charge in [-0.1, -0.05) is 26.2 Å². The van der Waals surface area contributed by atoms with Crippen LogP contribution < -0.4 is 0 Å². The van der Waals surface area contributed by atoms with Crippen LogP contribution in [-0.2, 0) is 11.2 Å². The minimum absolute atomic E-state index is 0.640. The normalized spacial score (nSPS) is 9.40. The average Bonchev–Trinajstić information content (AvgIpc) is 2.69. The monoisotopic (exact) mass is 220 g/mol. The van der Waals surface area contributed by atoms with Gasteiger partial charge in [0.15, 0.2) is 6.29 Å². The maximum absolute atomic E-state index is 10.1. The van der Waals surface area contributed by atoms with Gasteiger partial charge in [0.25, 0.3) is 0 Å². The highest BCUT2D eigenvalue weighted by molar-refractivity contribution is 7.12. The van der Waals surface area contributed by atoms with E-state index in [-0.39, 0.29) is 0 Å². The van der Waals surface area contributed by atoms with Gasteiger partial charge in [-0.05, 0) is 36.8 Å². The minimum atomic E-state index is 0.640. The lowest BCUT2D eigenvalue weighted by Crippen LogP contribution is -1.80. The zero-order valence-corrected chi connectivity index (χ0v) is 9.90. The van der Waals surface area contributed by atoms with Crippen molar-refractivity contribution in [3.05, 3.63) is 21.9 Å². The molecule has 0 aliphatic carbocycles. The standard InChI is InChI=1S/C13H16OS/c1-2-3-4-5-7-12-9-10-13(15-12)8-6-11-14/h9-11H,2-5,7H2,1H3. The lowest BCUT2D eigenvalue weighted by atomic mass is 10.1. The Balaban J connectivity index is 2.36. The van der Waals surface area contributed by atoms with Crippen molar-refractivity contribution in [3.8, 4) is 11.8 Å². The van der Waals surface area contributed by atoms with Crippen LogP contribution in [0.4, 0.5) is 0 Å². The summed E-state index contributed by atoms with van der Waals surface area (Å²) in [6.45, 7) is 2.22. The van der Waals surface area contributed by atoms with Gasteiger partial charge in [-0.15, -0.1) is 11.3 Å². The third-order valence-electron chi connectivity index (χ3n) is 2.19. The molecule has 15 heavy (non-hydrogen) atoms. The van der Waals surface area contributed by atoms with Crippen LogP contribution >= 0.6 is 11.3 Å². The first kappa shape index (κ1) is 12.0. The molecule has 0 N–H and O–H groups in total. The molecule has 0 saturated heterocycles. The molecular formula is C13H16OS. The molecule has 1 rings (SSSR count).